The molecule has 2 aromatic heterocycles. The highest BCUT2D eigenvalue weighted by atomic mass is 32.1. The van der Waals surface area contributed by atoms with Crippen molar-refractivity contribution in [1.29, 1.82) is 0 Å². The molecule has 1 aliphatic rings. The Morgan fingerprint density at radius 3 is 2.55 bits per heavy atom. The lowest BCUT2D eigenvalue weighted by atomic mass is 9.97. The zero-order valence-electron chi connectivity index (χ0n) is 21.2. The monoisotopic (exact) mass is 546 g/mol. The predicted molar refractivity (Wildman–Crippen MR) is 150 cm³/mol. The van der Waals surface area contributed by atoms with Gasteiger partial charge in [-0.05, 0) is 37.4 Å². The first-order valence-electron chi connectivity index (χ1n) is 12.2. The van der Waals surface area contributed by atoms with E-state index >= 15 is 0 Å². The fourth-order valence-electron chi connectivity index (χ4n) is 4.40. The number of rotatable bonds is 8. The smallest absolute Gasteiger partial charge is 0.338 e. The summed E-state index contributed by atoms with van der Waals surface area (Å²) in [5, 5.41) is 1.93. The van der Waals surface area contributed by atoms with Crippen LogP contribution in [0.4, 0.5) is 0 Å². The highest BCUT2D eigenvalue weighted by molar-refractivity contribution is 7.10. The van der Waals surface area contributed by atoms with Crippen LogP contribution in [0.5, 0.6) is 11.5 Å². The van der Waals surface area contributed by atoms with E-state index < -0.39 is 12.0 Å². The number of ether oxygens (including phenoxy) is 3. The van der Waals surface area contributed by atoms with Crippen LogP contribution in [0.25, 0.3) is 11.8 Å². The molecular weight excluding hydrogens is 520 g/mol. The molecule has 1 aliphatic heterocycles. The van der Waals surface area contributed by atoms with Crippen LogP contribution in [0.3, 0.4) is 0 Å². The number of carbonyl (C=O) groups excluding carboxylic acids is 1. The quantitative estimate of drug-likeness (QED) is 0.306. The molecule has 38 heavy (non-hydrogen) atoms. The largest absolute Gasteiger partial charge is 0.493 e. The lowest BCUT2D eigenvalue weighted by Crippen LogP contribution is -2.39. The third kappa shape index (κ3) is 4.70. The average molecular weight is 547 g/mol. The topological polar surface area (TPSA) is 79.1 Å². The summed E-state index contributed by atoms with van der Waals surface area (Å²) in [5.74, 6) is 0.658. The van der Waals surface area contributed by atoms with Gasteiger partial charge in [-0.2, -0.15) is 0 Å². The maximum absolute atomic E-state index is 14.0. The third-order valence-corrected chi connectivity index (χ3v) is 7.90. The zero-order chi connectivity index (χ0) is 26.6. The van der Waals surface area contributed by atoms with E-state index in [1.165, 1.54) is 22.7 Å². The minimum Gasteiger partial charge on any atom is -0.493 e. The first-order chi connectivity index (χ1) is 18.6. The van der Waals surface area contributed by atoms with Gasteiger partial charge in [-0.25, -0.2) is 9.79 Å². The van der Waals surface area contributed by atoms with E-state index in [1.807, 2.05) is 73.0 Å². The average Bonchev–Trinajstić information content (AvgIpc) is 3.58. The molecule has 3 heterocycles. The van der Waals surface area contributed by atoms with E-state index in [0.717, 1.165) is 16.0 Å². The number of thiophene rings is 1. The van der Waals surface area contributed by atoms with Gasteiger partial charge in [0.15, 0.2) is 16.3 Å². The molecule has 0 saturated carbocycles. The number of methoxy groups -OCH3 is 1. The molecule has 0 radical (unpaired) electrons. The number of hydrogen-bond acceptors (Lipinski definition) is 8. The van der Waals surface area contributed by atoms with Crippen molar-refractivity contribution >= 4 is 40.4 Å². The van der Waals surface area contributed by atoms with Crippen LogP contribution in [0.2, 0.25) is 0 Å². The second kappa shape index (κ2) is 11.2. The Morgan fingerprint density at radius 1 is 1.05 bits per heavy atom. The Balaban J connectivity index is 1.80. The van der Waals surface area contributed by atoms with Crippen LogP contribution in [0.1, 0.15) is 35.9 Å². The summed E-state index contributed by atoms with van der Waals surface area (Å²) in [4.78, 5) is 33.6. The predicted octanol–water partition coefficient (Wildman–Crippen LogP) is 4.40. The van der Waals surface area contributed by atoms with Gasteiger partial charge in [-0.3, -0.25) is 9.36 Å². The Morgan fingerprint density at radius 2 is 1.87 bits per heavy atom. The summed E-state index contributed by atoms with van der Waals surface area (Å²) in [6.07, 6.45) is 1.79. The van der Waals surface area contributed by atoms with Crippen LogP contribution in [-0.2, 0) is 9.53 Å². The van der Waals surface area contributed by atoms with Gasteiger partial charge in [0.2, 0.25) is 0 Å². The van der Waals surface area contributed by atoms with Gasteiger partial charge < -0.3 is 14.2 Å². The number of carbonyl (C=O) groups is 1. The second-order valence-corrected chi connectivity index (χ2v) is 10.2. The summed E-state index contributed by atoms with van der Waals surface area (Å²) in [5.41, 5.74) is 2.10. The Labute approximate surface area is 227 Å². The molecule has 194 valence electrons. The maximum Gasteiger partial charge on any atom is 0.338 e. The minimum absolute atomic E-state index is 0.210. The van der Waals surface area contributed by atoms with Crippen molar-refractivity contribution in [3.05, 3.63) is 107 Å². The molecule has 0 unspecified atom stereocenters. The van der Waals surface area contributed by atoms with Gasteiger partial charge >= 0.3 is 5.97 Å². The molecule has 5 rings (SSSR count). The van der Waals surface area contributed by atoms with Crippen LogP contribution in [-0.4, -0.2) is 30.9 Å². The second-order valence-electron chi connectivity index (χ2n) is 8.26. The lowest BCUT2D eigenvalue weighted by Gasteiger charge is -2.24. The maximum atomic E-state index is 14.0. The van der Waals surface area contributed by atoms with E-state index in [4.69, 9.17) is 19.2 Å². The highest BCUT2D eigenvalue weighted by Crippen LogP contribution is 2.37. The van der Waals surface area contributed by atoms with E-state index in [2.05, 4.69) is 0 Å². The number of para-hydroxylation sites is 1. The van der Waals surface area contributed by atoms with E-state index in [1.54, 1.807) is 24.7 Å². The van der Waals surface area contributed by atoms with Crippen molar-refractivity contribution in [3.8, 4) is 11.5 Å². The summed E-state index contributed by atoms with van der Waals surface area (Å²) >= 11 is 2.75. The lowest BCUT2D eigenvalue weighted by molar-refractivity contribution is -0.138. The van der Waals surface area contributed by atoms with Crippen molar-refractivity contribution < 1.29 is 19.0 Å². The summed E-state index contributed by atoms with van der Waals surface area (Å²) in [7, 11) is 1.58. The molecule has 0 saturated heterocycles. The zero-order valence-corrected chi connectivity index (χ0v) is 22.8. The van der Waals surface area contributed by atoms with Crippen LogP contribution in [0, 0.1) is 0 Å². The normalized spacial score (nSPS) is 15.1. The van der Waals surface area contributed by atoms with Crippen molar-refractivity contribution in [1.82, 2.24) is 4.57 Å². The molecule has 4 aromatic rings. The fraction of sp³-hybridized carbons (Fsp3) is 0.207. The minimum atomic E-state index is -0.667. The van der Waals surface area contributed by atoms with E-state index in [0.29, 0.717) is 38.7 Å². The number of nitrogens with zero attached hydrogens (tertiary/aromatic N) is 2. The number of esters is 1. The highest BCUT2D eigenvalue weighted by Gasteiger charge is 2.35. The number of benzene rings is 2. The van der Waals surface area contributed by atoms with Crippen molar-refractivity contribution in [3.63, 3.8) is 0 Å². The van der Waals surface area contributed by atoms with Crippen molar-refractivity contribution in [2.75, 3.05) is 20.3 Å². The van der Waals surface area contributed by atoms with Gasteiger partial charge in [-0.15, -0.1) is 11.3 Å². The van der Waals surface area contributed by atoms with Crippen LogP contribution >= 0.6 is 22.7 Å². The molecule has 0 spiro atoms. The molecule has 0 aliphatic carbocycles. The summed E-state index contributed by atoms with van der Waals surface area (Å²) in [6, 6.07) is 18.2. The molecule has 0 fully saturated rings. The van der Waals surface area contributed by atoms with Gasteiger partial charge in [0.1, 0.15) is 6.04 Å². The first kappa shape index (κ1) is 25.7. The van der Waals surface area contributed by atoms with E-state index in [9.17, 15) is 9.59 Å². The van der Waals surface area contributed by atoms with Gasteiger partial charge in [0, 0.05) is 16.0 Å². The van der Waals surface area contributed by atoms with Gasteiger partial charge in [-0.1, -0.05) is 59.9 Å². The molecular formula is C29H26N2O5S2. The summed E-state index contributed by atoms with van der Waals surface area (Å²) < 4.78 is 18.9. The standard InChI is InChI=1S/C29H26N2O5S2/c1-4-35-26-19(13-9-14-20(26)34-3)17-22-27(32)31-25(21-15-10-16-37-21)23(28(33)36-5-2)24(30-29(31)38-22)18-11-7-6-8-12-18/h6-17,25H,4-5H2,1-3H3/b22-17-/t25-/m0/s1. The SMILES string of the molecule is CCOC(=O)C1=C(c2ccccc2)N=c2s/c(=C\c3cccc(OC)c3OCC)c(=O)n2[C@H]1c1cccs1. The number of aromatic nitrogens is 1. The molecule has 0 N–H and O–H groups in total. The van der Waals surface area contributed by atoms with Crippen molar-refractivity contribution in [2.45, 2.75) is 19.9 Å². The Hall–Kier alpha value is -3.95. The number of hydrogen-bond donors (Lipinski definition) is 0. The molecule has 2 aromatic carbocycles. The fourth-order valence-corrected chi connectivity index (χ4v) is 6.22. The Kier molecular flexibility index (Phi) is 7.57. The van der Waals surface area contributed by atoms with E-state index in [-0.39, 0.29) is 12.2 Å². The molecule has 7 nitrogen and oxygen atoms in total. The van der Waals surface area contributed by atoms with Crippen LogP contribution < -0.4 is 24.4 Å². The molecule has 1 atom stereocenters. The molecule has 9 heteroatoms. The van der Waals surface area contributed by atoms with Gasteiger partial charge in [0.25, 0.3) is 5.56 Å². The van der Waals surface area contributed by atoms with Gasteiger partial charge in [0.05, 0.1) is 36.1 Å². The first-order valence-corrected chi connectivity index (χ1v) is 13.9. The number of thiazole rings is 1. The third-order valence-electron chi connectivity index (χ3n) is 5.99. The molecule has 0 bridgehead atoms. The van der Waals surface area contributed by atoms with Crippen molar-refractivity contribution in [2.24, 2.45) is 4.99 Å². The molecule has 0 amide bonds. The van der Waals surface area contributed by atoms with Crippen LogP contribution in [0.15, 0.2) is 81.4 Å². The summed E-state index contributed by atoms with van der Waals surface area (Å²) in [6.45, 7) is 4.32. The Bertz CT molecular complexity index is 1670. The number of fused-ring (bicyclic) bond motifs is 1.